The molecule has 2 N–H and O–H groups in total. The van der Waals surface area contributed by atoms with E-state index in [9.17, 15) is 13.2 Å². The zero-order valence-corrected chi connectivity index (χ0v) is 15.3. The normalized spacial score (nSPS) is 11.4. The maximum Gasteiger partial charge on any atom is 0.341 e. The van der Waals surface area contributed by atoms with Gasteiger partial charge in [-0.05, 0) is 47.9 Å². The Morgan fingerprint density at radius 1 is 1.12 bits per heavy atom. The minimum absolute atomic E-state index is 0.0407. The molecule has 0 amide bonds. The number of hydrogen-bond donors (Lipinski definition) is 2. The van der Waals surface area contributed by atoms with Crippen molar-refractivity contribution in [3.8, 4) is 5.75 Å². The summed E-state index contributed by atoms with van der Waals surface area (Å²) in [5, 5.41) is 9.15. The van der Waals surface area contributed by atoms with Gasteiger partial charge in [-0.3, -0.25) is 4.72 Å². The zero-order valence-electron chi connectivity index (χ0n) is 13.8. The lowest BCUT2D eigenvalue weighted by atomic mass is 10.2. The molecule has 2 rings (SSSR count). The fraction of sp³-hybridized carbons (Fsp3) is 0.167. The highest BCUT2D eigenvalue weighted by molar-refractivity contribution is 7.89. The van der Waals surface area contributed by atoms with Crippen molar-refractivity contribution in [3.63, 3.8) is 0 Å². The van der Waals surface area contributed by atoms with Crippen LogP contribution in [0.25, 0.3) is 6.08 Å². The van der Waals surface area contributed by atoms with Gasteiger partial charge < -0.3 is 9.84 Å². The van der Waals surface area contributed by atoms with Crippen molar-refractivity contribution in [1.29, 1.82) is 0 Å². The molecule has 0 heterocycles. The van der Waals surface area contributed by atoms with Crippen molar-refractivity contribution in [2.45, 2.75) is 6.42 Å². The Labute approximate surface area is 157 Å². The number of hydrogen-bond acceptors (Lipinski definition) is 4. The fourth-order valence-corrected chi connectivity index (χ4v) is 3.04. The van der Waals surface area contributed by atoms with Crippen LogP contribution in [-0.4, -0.2) is 31.9 Å². The van der Waals surface area contributed by atoms with E-state index in [-0.39, 0.29) is 5.75 Å². The van der Waals surface area contributed by atoms with Crippen LogP contribution in [0.2, 0.25) is 5.02 Å². The van der Waals surface area contributed by atoms with Crippen LogP contribution in [0.15, 0.2) is 54.7 Å². The third-order valence-electron chi connectivity index (χ3n) is 3.34. The number of aryl methyl sites for hydroxylation is 1. The summed E-state index contributed by atoms with van der Waals surface area (Å²) >= 11 is 5.80. The van der Waals surface area contributed by atoms with Gasteiger partial charge in [-0.2, -0.15) is 0 Å². The van der Waals surface area contributed by atoms with Crippen LogP contribution >= 0.6 is 11.6 Å². The van der Waals surface area contributed by atoms with E-state index in [1.807, 2.05) is 0 Å². The van der Waals surface area contributed by atoms with Crippen molar-refractivity contribution in [1.82, 2.24) is 4.72 Å². The van der Waals surface area contributed by atoms with Gasteiger partial charge in [-0.15, -0.1) is 0 Å². The van der Waals surface area contributed by atoms with Gasteiger partial charge in [0.25, 0.3) is 0 Å². The van der Waals surface area contributed by atoms with Crippen LogP contribution in [0, 0.1) is 0 Å². The minimum Gasteiger partial charge on any atom is -0.482 e. The highest BCUT2D eigenvalue weighted by Crippen LogP contribution is 2.13. The van der Waals surface area contributed by atoms with Gasteiger partial charge in [0.2, 0.25) is 10.0 Å². The van der Waals surface area contributed by atoms with Crippen molar-refractivity contribution < 1.29 is 23.1 Å². The monoisotopic (exact) mass is 395 g/mol. The van der Waals surface area contributed by atoms with E-state index >= 15 is 0 Å². The molecular weight excluding hydrogens is 378 g/mol. The number of nitrogens with one attached hydrogen (secondary N) is 1. The summed E-state index contributed by atoms with van der Waals surface area (Å²) in [7, 11) is -3.45. The molecule has 138 valence electrons. The Morgan fingerprint density at radius 2 is 1.77 bits per heavy atom. The Kier molecular flexibility index (Phi) is 7.06. The largest absolute Gasteiger partial charge is 0.482 e. The average Bonchev–Trinajstić information content (AvgIpc) is 2.60. The van der Waals surface area contributed by atoms with E-state index in [0.29, 0.717) is 17.2 Å². The Balaban J connectivity index is 1.84. The van der Waals surface area contributed by atoms with Crippen molar-refractivity contribution in [3.05, 3.63) is 70.9 Å². The summed E-state index contributed by atoms with van der Waals surface area (Å²) in [5.41, 5.74) is 1.63. The number of halogens is 1. The lowest BCUT2D eigenvalue weighted by Gasteiger charge is -2.05. The summed E-state index contributed by atoms with van der Waals surface area (Å²) in [5.74, 6) is -0.670. The fourth-order valence-electron chi connectivity index (χ4n) is 2.02. The summed E-state index contributed by atoms with van der Waals surface area (Å²) in [6.45, 7) is -0.414. The number of carboxylic acids is 1. The van der Waals surface area contributed by atoms with E-state index in [2.05, 4.69) is 4.72 Å². The average molecular weight is 396 g/mol. The number of aliphatic carboxylic acids is 1. The number of ether oxygens (including phenoxy) is 1. The molecule has 0 aliphatic heterocycles. The minimum atomic E-state index is -3.45. The van der Waals surface area contributed by atoms with Gasteiger partial charge in [0.1, 0.15) is 5.75 Å². The van der Waals surface area contributed by atoms with Crippen LogP contribution in [0.5, 0.6) is 5.75 Å². The standard InChI is InChI=1S/C18H18ClNO5S/c19-16-5-1-15(2-6-16)10-12-26(23,24)20-11-9-14-3-7-17(8-4-14)25-13-18(21)22/h1-9,11,20H,10,12-13H2,(H,21,22). The van der Waals surface area contributed by atoms with Gasteiger partial charge in [0, 0.05) is 11.2 Å². The smallest absolute Gasteiger partial charge is 0.341 e. The van der Waals surface area contributed by atoms with E-state index in [1.54, 1.807) is 54.6 Å². The number of sulfonamides is 1. The van der Waals surface area contributed by atoms with Gasteiger partial charge in [-0.1, -0.05) is 35.9 Å². The molecule has 0 atom stereocenters. The predicted molar refractivity (Wildman–Crippen MR) is 101 cm³/mol. The van der Waals surface area contributed by atoms with Gasteiger partial charge >= 0.3 is 5.97 Å². The lowest BCUT2D eigenvalue weighted by Crippen LogP contribution is -2.22. The second kappa shape index (κ2) is 9.26. The molecular formula is C18H18ClNO5S. The second-order valence-corrected chi connectivity index (χ2v) is 7.71. The van der Waals surface area contributed by atoms with Crippen LogP contribution < -0.4 is 9.46 Å². The lowest BCUT2D eigenvalue weighted by molar-refractivity contribution is -0.139. The molecule has 0 unspecified atom stereocenters. The van der Waals surface area contributed by atoms with Gasteiger partial charge in [-0.25, -0.2) is 13.2 Å². The number of benzene rings is 2. The van der Waals surface area contributed by atoms with Crippen LogP contribution in [-0.2, 0) is 21.2 Å². The van der Waals surface area contributed by atoms with Gasteiger partial charge in [0.15, 0.2) is 6.61 Å². The zero-order chi connectivity index (χ0) is 19.0. The molecule has 0 bridgehead atoms. The Bertz CT molecular complexity index is 861. The summed E-state index contributed by atoms with van der Waals surface area (Å²) < 4.78 is 31.4. The topological polar surface area (TPSA) is 92.7 Å². The Hall–Kier alpha value is -2.51. The summed E-state index contributed by atoms with van der Waals surface area (Å²) in [4.78, 5) is 10.4. The molecule has 6 nitrogen and oxygen atoms in total. The third kappa shape index (κ3) is 7.16. The third-order valence-corrected chi connectivity index (χ3v) is 4.83. The highest BCUT2D eigenvalue weighted by atomic mass is 35.5. The van der Waals surface area contributed by atoms with Crippen LogP contribution in [0.3, 0.4) is 0 Å². The maximum absolute atomic E-state index is 12.0. The molecule has 0 spiro atoms. The SMILES string of the molecule is O=C(O)COc1ccc(C=CNS(=O)(=O)CCc2ccc(Cl)cc2)cc1. The summed E-state index contributed by atoms with van der Waals surface area (Å²) in [6, 6.07) is 13.6. The molecule has 2 aromatic carbocycles. The quantitative estimate of drug-likeness (QED) is 0.681. The highest BCUT2D eigenvalue weighted by Gasteiger charge is 2.08. The molecule has 0 radical (unpaired) electrons. The van der Waals surface area contributed by atoms with Crippen molar-refractivity contribution in [2.75, 3.05) is 12.4 Å². The number of rotatable bonds is 9. The summed E-state index contributed by atoms with van der Waals surface area (Å²) in [6.07, 6.45) is 3.33. The molecule has 0 aromatic heterocycles. The first-order valence-electron chi connectivity index (χ1n) is 7.70. The van der Waals surface area contributed by atoms with E-state index in [1.165, 1.54) is 6.20 Å². The number of carboxylic acid groups (broad SMARTS) is 1. The first kappa shape index (κ1) is 19.8. The first-order valence-corrected chi connectivity index (χ1v) is 9.73. The molecule has 8 heteroatoms. The van der Waals surface area contributed by atoms with Crippen LogP contribution in [0.4, 0.5) is 0 Å². The molecule has 0 saturated carbocycles. The van der Waals surface area contributed by atoms with Crippen molar-refractivity contribution >= 4 is 33.7 Å². The van der Waals surface area contributed by atoms with Crippen molar-refractivity contribution in [2.24, 2.45) is 0 Å². The first-order chi connectivity index (χ1) is 12.3. The van der Waals surface area contributed by atoms with E-state index in [4.69, 9.17) is 21.4 Å². The molecule has 0 aliphatic carbocycles. The second-order valence-electron chi connectivity index (χ2n) is 5.40. The molecule has 0 saturated heterocycles. The van der Waals surface area contributed by atoms with E-state index < -0.39 is 22.6 Å². The molecule has 26 heavy (non-hydrogen) atoms. The number of carbonyl (C=O) groups is 1. The van der Waals surface area contributed by atoms with E-state index in [0.717, 1.165) is 11.1 Å². The molecule has 0 fully saturated rings. The van der Waals surface area contributed by atoms with Gasteiger partial charge in [0.05, 0.1) is 5.75 Å². The Morgan fingerprint density at radius 3 is 2.38 bits per heavy atom. The van der Waals surface area contributed by atoms with Crippen LogP contribution in [0.1, 0.15) is 11.1 Å². The molecule has 2 aromatic rings. The predicted octanol–water partition coefficient (Wildman–Crippen LogP) is 2.94. The maximum atomic E-state index is 12.0. The molecule has 0 aliphatic rings.